The Kier molecular flexibility index (Phi) is 5.04. The van der Waals surface area contributed by atoms with Crippen LogP contribution in [-0.2, 0) is 4.74 Å². The van der Waals surface area contributed by atoms with Gasteiger partial charge in [0.05, 0.1) is 6.61 Å². The molecule has 5 nitrogen and oxygen atoms in total. The van der Waals surface area contributed by atoms with Crippen LogP contribution in [0.25, 0.3) is 0 Å². The lowest BCUT2D eigenvalue weighted by Crippen LogP contribution is -2.38. The van der Waals surface area contributed by atoms with Crippen molar-refractivity contribution in [2.75, 3.05) is 11.9 Å². The van der Waals surface area contributed by atoms with Gasteiger partial charge in [-0.05, 0) is 41.9 Å². The van der Waals surface area contributed by atoms with E-state index in [1.54, 1.807) is 13.8 Å². The van der Waals surface area contributed by atoms with Crippen LogP contribution >= 0.6 is 15.9 Å². The number of anilines is 1. The Morgan fingerprint density at radius 1 is 1.62 bits per heavy atom. The van der Waals surface area contributed by atoms with Crippen LogP contribution in [0, 0.1) is 0 Å². The molecule has 6 heteroatoms. The van der Waals surface area contributed by atoms with E-state index in [4.69, 9.17) is 4.74 Å². The van der Waals surface area contributed by atoms with Crippen LogP contribution in [0.2, 0.25) is 0 Å². The largest absolute Gasteiger partial charge is 0.450 e. The molecule has 0 bridgehead atoms. The van der Waals surface area contributed by atoms with Gasteiger partial charge in [0.15, 0.2) is 0 Å². The van der Waals surface area contributed by atoms with Gasteiger partial charge in [-0.2, -0.15) is 0 Å². The maximum Gasteiger partial charge on any atom is 0.408 e. The molecule has 0 saturated heterocycles. The minimum atomic E-state index is -0.447. The molecule has 1 aromatic rings. The molecule has 0 saturated carbocycles. The number of nitrogens with one attached hydrogen (secondary N) is 2. The van der Waals surface area contributed by atoms with Gasteiger partial charge in [0.2, 0.25) is 0 Å². The molecular formula is C10H14BrN3O2. The lowest BCUT2D eigenvalue weighted by molar-refractivity contribution is 0.150. The van der Waals surface area contributed by atoms with Gasteiger partial charge in [0, 0.05) is 0 Å². The second-order valence-electron chi connectivity index (χ2n) is 3.08. The minimum Gasteiger partial charge on any atom is -0.450 e. The zero-order valence-corrected chi connectivity index (χ0v) is 10.7. The number of halogens is 1. The molecule has 0 aliphatic heterocycles. The van der Waals surface area contributed by atoms with E-state index in [-0.39, 0.29) is 6.17 Å². The van der Waals surface area contributed by atoms with Crippen molar-refractivity contribution in [1.82, 2.24) is 10.3 Å². The Hall–Kier alpha value is -1.30. The van der Waals surface area contributed by atoms with Gasteiger partial charge in [0.1, 0.15) is 16.6 Å². The Bertz CT molecular complexity index is 360. The first-order valence-corrected chi connectivity index (χ1v) is 5.73. The lowest BCUT2D eigenvalue weighted by Gasteiger charge is -2.15. The van der Waals surface area contributed by atoms with Crippen molar-refractivity contribution in [3.05, 3.63) is 22.8 Å². The molecule has 88 valence electrons. The number of pyridine rings is 1. The van der Waals surface area contributed by atoms with Gasteiger partial charge in [-0.15, -0.1) is 0 Å². The van der Waals surface area contributed by atoms with Crippen molar-refractivity contribution in [2.24, 2.45) is 0 Å². The van der Waals surface area contributed by atoms with E-state index in [2.05, 4.69) is 31.5 Å². The minimum absolute atomic E-state index is 0.249. The van der Waals surface area contributed by atoms with E-state index in [0.717, 1.165) is 4.60 Å². The normalized spacial score (nSPS) is 11.7. The van der Waals surface area contributed by atoms with E-state index >= 15 is 0 Å². The fraction of sp³-hybridized carbons (Fsp3) is 0.400. The smallest absolute Gasteiger partial charge is 0.408 e. The van der Waals surface area contributed by atoms with Gasteiger partial charge >= 0.3 is 6.09 Å². The maximum atomic E-state index is 11.1. The number of amides is 1. The number of nitrogens with zero attached hydrogens (tertiary/aromatic N) is 1. The zero-order chi connectivity index (χ0) is 12.0. The fourth-order valence-electron chi connectivity index (χ4n) is 1.10. The first kappa shape index (κ1) is 12.8. The molecule has 0 spiro atoms. The average molecular weight is 288 g/mol. The molecule has 1 rings (SSSR count). The quantitative estimate of drug-likeness (QED) is 0.659. The molecular weight excluding hydrogens is 274 g/mol. The summed E-state index contributed by atoms with van der Waals surface area (Å²) >= 11 is 3.26. The van der Waals surface area contributed by atoms with Crippen molar-refractivity contribution in [3.63, 3.8) is 0 Å². The molecule has 1 heterocycles. The van der Waals surface area contributed by atoms with Crippen molar-refractivity contribution in [2.45, 2.75) is 20.0 Å². The molecule has 1 atom stereocenters. The van der Waals surface area contributed by atoms with E-state index in [1.165, 1.54) is 0 Å². The second-order valence-corrected chi connectivity index (χ2v) is 3.89. The molecule has 0 aliphatic carbocycles. The summed E-state index contributed by atoms with van der Waals surface area (Å²) in [6.07, 6.45) is -0.696. The van der Waals surface area contributed by atoms with E-state index in [0.29, 0.717) is 12.4 Å². The predicted octanol–water partition coefficient (Wildman–Crippen LogP) is 2.35. The number of aromatic nitrogens is 1. The monoisotopic (exact) mass is 287 g/mol. The Labute approximate surface area is 103 Å². The number of alkyl carbamates (subject to hydrolysis) is 1. The molecule has 0 radical (unpaired) electrons. The van der Waals surface area contributed by atoms with Crippen LogP contribution < -0.4 is 10.6 Å². The van der Waals surface area contributed by atoms with Gasteiger partial charge in [-0.3, -0.25) is 0 Å². The third-order valence-electron chi connectivity index (χ3n) is 1.69. The third kappa shape index (κ3) is 4.48. The average Bonchev–Trinajstić information content (AvgIpc) is 2.17. The molecule has 0 aromatic carbocycles. The van der Waals surface area contributed by atoms with Crippen molar-refractivity contribution < 1.29 is 9.53 Å². The summed E-state index contributed by atoms with van der Waals surface area (Å²) in [6.45, 7) is 3.92. The van der Waals surface area contributed by atoms with Crippen molar-refractivity contribution >= 4 is 27.8 Å². The highest BCUT2D eigenvalue weighted by Crippen LogP contribution is 2.10. The number of carbonyl (C=O) groups excluding carboxylic acids is 1. The SMILES string of the molecule is CCOC(=O)NC(C)Nc1cccc(Br)n1. The summed E-state index contributed by atoms with van der Waals surface area (Å²) in [5.41, 5.74) is 0. The summed E-state index contributed by atoms with van der Waals surface area (Å²) < 4.78 is 5.49. The van der Waals surface area contributed by atoms with Crippen molar-refractivity contribution in [3.8, 4) is 0 Å². The van der Waals surface area contributed by atoms with Crippen LogP contribution in [0.5, 0.6) is 0 Å². The molecule has 0 fully saturated rings. The lowest BCUT2D eigenvalue weighted by atomic mass is 10.4. The van der Waals surface area contributed by atoms with Gasteiger partial charge < -0.3 is 15.4 Å². The highest BCUT2D eigenvalue weighted by Gasteiger charge is 2.07. The molecule has 1 aromatic heterocycles. The summed E-state index contributed by atoms with van der Waals surface area (Å²) in [6, 6.07) is 5.50. The van der Waals surface area contributed by atoms with Crippen LogP contribution in [0.3, 0.4) is 0 Å². The summed E-state index contributed by atoms with van der Waals surface area (Å²) in [5.74, 6) is 0.679. The van der Waals surface area contributed by atoms with Crippen LogP contribution in [-0.4, -0.2) is 23.8 Å². The second kappa shape index (κ2) is 6.32. The van der Waals surface area contributed by atoms with E-state index in [9.17, 15) is 4.79 Å². The predicted molar refractivity (Wildman–Crippen MR) is 65.2 cm³/mol. The molecule has 0 aliphatic rings. The van der Waals surface area contributed by atoms with E-state index in [1.807, 2.05) is 18.2 Å². The number of hydrogen-bond acceptors (Lipinski definition) is 4. The van der Waals surface area contributed by atoms with Gasteiger partial charge in [0.25, 0.3) is 0 Å². The first-order chi connectivity index (χ1) is 7.61. The van der Waals surface area contributed by atoms with Crippen LogP contribution in [0.1, 0.15) is 13.8 Å². The standard InChI is InChI=1S/C10H14BrN3O2/c1-3-16-10(15)13-7(2)12-9-6-4-5-8(11)14-9/h4-7H,3H2,1-2H3,(H,12,14)(H,13,15). The summed E-state index contributed by atoms with van der Waals surface area (Å²) in [5, 5.41) is 5.64. The molecule has 16 heavy (non-hydrogen) atoms. The Morgan fingerprint density at radius 2 is 2.38 bits per heavy atom. The number of hydrogen-bond donors (Lipinski definition) is 2. The Morgan fingerprint density at radius 3 is 3.00 bits per heavy atom. The number of ether oxygens (including phenoxy) is 1. The van der Waals surface area contributed by atoms with Crippen LogP contribution in [0.4, 0.5) is 10.6 Å². The van der Waals surface area contributed by atoms with Crippen molar-refractivity contribution in [1.29, 1.82) is 0 Å². The number of carbonyl (C=O) groups is 1. The molecule has 1 unspecified atom stereocenters. The fourth-order valence-corrected chi connectivity index (χ4v) is 1.44. The third-order valence-corrected chi connectivity index (χ3v) is 2.13. The molecule has 2 N–H and O–H groups in total. The van der Waals surface area contributed by atoms with E-state index < -0.39 is 6.09 Å². The number of rotatable bonds is 4. The summed E-state index contributed by atoms with van der Waals surface area (Å²) in [7, 11) is 0. The zero-order valence-electron chi connectivity index (χ0n) is 9.16. The topological polar surface area (TPSA) is 63.2 Å². The molecule has 1 amide bonds. The highest BCUT2D eigenvalue weighted by molar-refractivity contribution is 9.10. The Balaban J connectivity index is 2.45. The van der Waals surface area contributed by atoms with Gasteiger partial charge in [-0.1, -0.05) is 6.07 Å². The van der Waals surface area contributed by atoms with Gasteiger partial charge in [-0.25, -0.2) is 9.78 Å². The maximum absolute atomic E-state index is 11.1. The first-order valence-electron chi connectivity index (χ1n) is 4.94. The van der Waals surface area contributed by atoms with Crippen LogP contribution in [0.15, 0.2) is 22.8 Å². The summed E-state index contributed by atoms with van der Waals surface area (Å²) in [4.78, 5) is 15.3. The highest BCUT2D eigenvalue weighted by atomic mass is 79.9.